The molecule has 1 saturated carbocycles. The molecule has 0 radical (unpaired) electrons. The van der Waals surface area contributed by atoms with Crippen LogP contribution in [0.25, 0.3) is 0 Å². The summed E-state index contributed by atoms with van der Waals surface area (Å²) in [6.07, 6.45) is 5.02. The van der Waals surface area contributed by atoms with Gasteiger partial charge in [0.15, 0.2) is 0 Å². The summed E-state index contributed by atoms with van der Waals surface area (Å²) in [4.78, 5) is 12.5. The van der Waals surface area contributed by atoms with Crippen LogP contribution in [0.15, 0.2) is 18.2 Å². The van der Waals surface area contributed by atoms with Crippen LogP contribution in [0.2, 0.25) is 0 Å². The minimum Gasteiger partial charge on any atom is -0.496 e. The Morgan fingerprint density at radius 3 is 2.82 bits per heavy atom. The molecule has 4 heteroatoms. The minimum atomic E-state index is -0.463. The van der Waals surface area contributed by atoms with Gasteiger partial charge in [0.1, 0.15) is 12.4 Å². The van der Waals surface area contributed by atoms with Gasteiger partial charge in [-0.15, -0.1) is 0 Å². The number of esters is 1. The van der Waals surface area contributed by atoms with Crippen molar-refractivity contribution in [1.82, 2.24) is 0 Å². The Morgan fingerprint density at radius 2 is 2.18 bits per heavy atom. The molecule has 1 aromatic rings. The maximum absolute atomic E-state index is 12.5. The SMILES string of the molecule is COc1cc(C2(C(=O)OC[C@@H]3CCCCO3)CC2)ccc1C. The van der Waals surface area contributed by atoms with Crippen molar-refractivity contribution in [3.8, 4) is 5.75 Å². The Labute approximate surface area is 131 Å². The molecular weight excluding hydrogens is 280 g/mol. The fraction of sp³-hybridized carbons (Fsp3) is 0.611. The summed E-state index contributed by atoms with van der Waals surface area (Å²) < 4.78 is 16.6. The molecule has 1 heterocycles. The van der Waals surface area contributed by atoms with Crippen molar-refractivity contribution >= 4 is 5.97 Å². The lowest BCUT2D eigenvalue weighted by atomic mass is 9.94. The molecule has 0 N–H and O–H groups in total. The molecular formula is C18H24O4. The van der Waals surface area contributed by atoms with Gasteiger partial charge in [0, 0.05) is 6.61 Å². The lowest BCUT2D eigenvalue weighted by Crippen LogP contribution is -2.30. The van der Waals surface area contributed by atoms with Crippen LogP contribution in [0, 0.1) is 6.92 Å². The number of hydrogen-bond acceptors (Lipinski definition) is 4. The van der Waals surface area contributed by atoms with E-state index in [2.05, 4.69) is 0 Å². The van der Waals surface area contributed by atoms with Gasteiger partial charge in [-0.05, 0) is 56.2 Å². The van der Waals surface area contributed by atoms with E-state index in [4.69, 9.17) is 14.2 Å². The predicted octanol–water partition coefficient (Wildman–Crippen LogP) is 3.15. The average Bonchev–Trinajstić information content (AvgIpc) is 3.36. The second-order valence-electron chi connectivity index (χ2n) is 6.35. The van der Waals surface area contributed by atoms with Crippen LogP contribution >= 0.6 is 0 Å². The number of aryl methyl sites for hydroxylation is 1. The van der Waals surface area contributed by atoms with E-state index in [1.54, 1.807) is 7.11 Å². The molecule has 0 bridgehead atoms. The first kappa shape index (κ1) is 15.3. The van der Waals surface area contributed by atoms with Crippen LogP contribution in [0.4, 0.5) is 0 Å². The third-order valence-corrected chi connectivity index (χ3v) is 4.78. The number of benzene rings is 1. The fourth-order valence-corrected chi connectivity index (χ4v) is 3.10. The Bertz CT molecular complexity index is 542. The third kappa shape index (κ3) is 2.98. The molecule has 1 saturated heterocycles. The number of methoxy groups -OCH3 is 1. The van der Waals surface area contributed by atoms with E-state index in [9.17, 15) is 4.79 Å². The number of carbonyl (C=O) groups excluding carboxylic acids is 1. The van der Waals surface area contributed by atoms with Gasteiger partial charge in [-0.3, -0.25) is 4.79 Å². The van der Waals surface area contributed by atoms with Crippen molar-refractivity contribution in [3.05, 3.63) is 29.3 Å². The highest BCUT2D eigenvalue weighted by atomic mass is 16.6. The standard InChI is InChI=1S/C18H24O4/c1-13-6-7-14(11-16(13)20-2)18(8-9-18)17(19)22-12-15-5-3-4-10-21-15/h6-7,11,15H,3-5,8-10,12H2,1-2H3/t15-/m0/s1. The van der Waals surface area contributed by atoms with Gasteiger partial charge in [0.25, 0.3) is 0 Å². The first-order chi connectivity index (χ1) is 10.7. The highest BCUT2D eigenvalue weighted by Gasteiger charge is 2.53. The summed E-state index contributed by atoms with van der Waals surface area (Å²) in [7, 11) is 1.66. The number of hydrogen-bond donors (Lipinski definition) is 0. The van der Waals surface area contributed by atoms with Crippen LogP contribution in [-0.4, -0.2) is 32.4 Å². The van der Waals surface area contributed by atoms with Crippen LogP contribution in [0.1, 0.15) is 43.2 Å². The largest absolute Gasteiger partial charge is 0.496 e. The van der Waals surface area contributed by atoms with Gasteiger partial charge >= 0.3 is 5.97 Å². The Kier molecular flexibility index (Phi) is 4.39. The zero-order valence-corrected chi connectivity index (χ0v) is 13.4. The Balaban J connectivity index is 1.66. The molecule has 1 aromatic carbocycles. The quantitative estimate of drug-likeness (QED) is 0.784. The van der Waals surface area contributed by atoms with E-state index < -0.39 is 5.41 Å². The molecule has 0 amide bonds. The van der Waals surface area contributed by atoms with Crippen molar-refractivity contribution in [3.63, 3.8) is 0 Å². The lowest BCUT2D eigenvalue weighted by molar-refractivity contribution is -0.152. The Hall–Kier alpha value is -1.55. The van der Waals surface area contributed by atoms with Crippen molar-refractivity contribution in [2.75, 3.05) is 20.3 Å². The smallest absolute Gasteiger partial charge is 0.316 e. The van der Waals surface area contributed by atoms with Crippen LogP contribution in [0.5, 0.6) is 5.75 Å². The summed E-state index contributed by atoms with van der Waals surface area (Å²) in [5.41, 5.74) is 1.62. The zero-order valence-electron chi connectivity index (χ0n) is 13.4. The molecule has 0 unspecified atom stereocenters. The minimum absolute atomic E-state index is 0.0704. The van der Waals surface area contributed by atoms with Gasteiger partial charge in [0.2, 0.25) is 0 Å². The summed E-state index contributed by atoms with van der Waals surface area (Å²) in [6.45, 7) is 3.16. The number of carbonyl (C=O) groups is 1. The van der Waals surface area contributed by atoms with Gasteiger partial charge in [-0.1, -0.05) is 12.1 Å². The molecule has 1 atom stereocenters. The van der Waals surface area contributed by atoms with E-state index in [0.717, 1.165) is 55.6 Å². The maximum atomic E-state index is 12.5. The van der Waals surface area contributed by atoms with Gasteiger partial charge in [0.05, 0.1) is 18.6 Å². The molecule has 0 spiro atoms. The molecule has 2 aliphatic rings. The molecule has 3 rings (SSSR count). The van der Waals surface area contributed by atoms with Crippen LogP contribution in [0.3, 0.4) is 0 Å². The number of rotatable bonds is 5. The second-order valence-corrected chi connectivity index (χ2v) is 6.35. The van der Waals surface area contributed by atoms with Crippen LogP contribution in [-0.2, 0) is 19.7 Å². The Morgan fingerprint density at radius 1 is 1.36 bits per heavy atom. The summed E-state index contributed by atoms with van der Waals surface area (Å²) >= 11 is 0. The normalized spacial score (nSPS) is 22.9. The van der Waals surface area contributed by atoms with Crippen molar-refractivity contribution < 1.29 is 19.0 Å². The number of ether oxygens (including phenoxy) is 3. The zero-order chi connectivity index (χ0) is 15.6. The third-order valence-electron chi connectivity index (χ3n) is 4.78. The van der Waals surface area contributed by atoms with E-state index in [1.807, 2.05) is 25.1 Å². The molecule has 1 aliphatic heterocycles. The lowest BCUT2D eigenvalue weighted by Gasteiger charge is -2.23. The molecule has 1 aliphatic carbocycles. The van der Waals surface area contributed by atoms with Gasteiger partial charge in [-0.2, -0.15) is 0 Å². The summed E-state index contributed by atoms with van der Waals surface area (Å²) in [6, 6.07) is 6.00. The summed E-state index contributed by atoms with van der Waals surface area (Å²) in [5.74, 6) is 0.708. The van der Waals surface area contributed by atoms with Crippen molar-refractivity contribution in [2.45, 2.75) is 50.5 Å². The average molecular weight is 304 g/mol. The molecule has 22 heavy (non-hydrogen) atoms. The maximum Gasteiger partial charge on any atom is 0.316 e. The summed E-state index contributed by atoms with van der Waals surface area (Å²) in [5, 5.41) is 0. The molecule has 2 fully saturated rings. The van der Waals surface area contributed by atoms with E-state index in [0.29, 0.717) is 6.61 Å². The first-order valence-electron chi connectivity index (χ1n) is 8.10. The fourth-order valence-electron chi connectivity index (χ4n) is 3.10. The van der Waals surface area contributed by atoms with Crippen molar-refractivity contribution in [1.29, 1.82) is 0 Å². The predicted molar refractivity (Wildman–Crippen MR) is 83.2 cm³/mol. The monoisotopic (exact) mass is 304 g/mol. The van der Waals surface area contributed by atoms with E-state index in [1.165, 1.54) is 0 Å². The highest BCUT2D eigenvalue weighted by Crippen LogP contribution is 2.50. The first-order valence-corrected chi connectivity index (χ1v) is 8.10. The van der Waals surface area contributed by atoms with E-state index in [-0.39, 0.29) is 12.1 Å². The van der Waals surface area contributed by atoms with E-state index >= 15 is 0 Å². The van der Waals surface area contributed by atoms with Crippen LogP contribution < -0.4 is 4.74 Å². The molecule has 0 aromatic heterocycles. The second kappa shape index (κ2) is 6.29. The highest BCUT2D eigenvalue weighted by molar-refractivity contribution is 5.86. The van der Waals surface area contributed by atoms with Gasteiger partial charge < -0.3 is 14.2 Å². The molecule has 120 valence electrons. The topological polar surface area (TPSA) is 44.8 Å². The van der Waals surface area contributed by atoms with Crippen molar-refractivity contribution in [2.24, 2.45) is 0 Å². The molecule has 4 nitrogen and oxygen atoms in total. The van der Waals surface area contributed by atoms with Gasteiger partial charge in [-0.25, -0.2) is 0 Å².